The summed E-state index contributed by atoms with van der Waals surface area (Å²) in [4.78, 5) is 27.7. The number of rotatable bonds is 6. The summed E-state index contributed by atoms with van der Waals surface area (Å²) in [5, 5.41) is 0. The molecule has 1 amide bonds. The molecule has 0 spiro atoms. The monoisotopic (exact) mass is 469 g/mol. The van der Waals surface area contributed by atoms with E-state index in [0.29, 0.717) is 29.4 Å². The maximum Gasteiger partial charge on any atom is 0.336 e. The predicted molar refractivity (Wildman–Crippen MR) is 133 cm³/mol. The van der Waals surface area contributed by atoms with Gasteiger partial charge in [0.25, 0.3) is 0 Å². The average molecular weight is 470 g/mol. The second-order valence-corrected chi connectivity index (χ2v) is 8.89. The lowest BCUT2D eigenvalue weighted by Crippen LogP contribution is -2.37. The van der Waals surface area contributed by atoms with Crippen molar-refractivity contribution in [1.29, 1.82) is 0 Å². The molecule has 0 bridgehead atoms. The van der Waals surface area contributed by atoms with E-state index in [1.54, 1.807) is 12.0 Å². The Kier molecular flexibility index (Phi) is 6.03. The van der Waals surface area contributed by atoms with Crippen LogP contribution in [0.4, 0.5) is 5.69 Å². The molecule has 2 aliphatic rings. The van der Waals surface area contributed by atoms with E-state index < -0.39 is 5.92 Å². The molecule has 0 fully saturated rings. The standard InChI is InChI=1S/C29H27NO5/c1-18-7-6-10-22(13-18)30-24-17-35-29(32)28(24)23(15-27(30)31)20-11-12-25(26(14-20)33-3)34-16-21-9-5-4-8-19(21)2/h4-14,23H,15-17H2,1-3H3. The van der Waals surface area contributed by atoms with Gasteiger partial charge in [0.05, 0.1) is 18.4 Å². The summed E-state index contributed by atoms with van der Waals surface area (Å²) in [5.41, 5.74) is 5.99. The second-order valence-electron chi connectivity index (χ2n) is 8.89. The van der Waals surface area contributed by atoms with E-state index >= 15 is 0 Å². The average Bonchev–Trinajstić information content (AvgIpc) is 3.24. The summed E-state index contributed by atoms with van der Waals surface area (Å²) in [5.74, 6) is 0.294. The van der Waals surface area contributed by atoms with Crippen LogP contribution in [0.2, 0.25) is 0 Å². The highest BCUT2D eigenvalue weighted by Crippen LogP contribution is 2.43. The molecular formula is C29H27NO5. The third-order valence-corrected chi connectivity index (χ3v) is 6.61. The minimum Gasteiger partial charge on any atom is -0.493 e. The van der Waals surface area contributed by atoms with Crippen molar-refractivity contribution in [1.82, 2.24) is 0 Å². The Bertz CT molecular complexity index is 1340. The van der Waals surface area contributed by atoms with E-state index in [4.69, 9.17) is 14.2 Å². The molecule has 0 N–H and O–H groups in total. The van der Waals surface area contributed by atoms with Crippen LogP contribution in [0.5, 0.6) is 11.5 Å². The molecule has 3 aromatic carbocycles. The van der Waals surface area contributed by atoms with Gasteiger partial charge in [0.2, 0.25) is 5.91 Å². The first-order chi connectivity index (χ1) is 17.0. The van der Waals surface area contributed by atoms with Crippen LogP contribution in [0.1, 0.15) is 34.6 Å². The summed E-state index contributed by atoms with van der Waals surface area (Å²) < 4.78 is 17.1. The molecule has 3 aromatic rings. The summed E-state index contributed by atoms with van der Waals surface area (Å²) in [6.45, 7) is 4.52. The summed E-state index contributed by atoms with van der Waals surface area (Å²) in [6, 6.07) is 21.3. The quantitative estimate of drug-likeness (QED) is 0.463. The van der Waals surface area contributed by atoms with Crippen molar-refractivity contribution < 1.29 is 23.8 Å². The number of methoxy groups -OCH3 is 1. The van der Waals surface area contributed by atoms with Crippen molar-refractivity contribution in [2.45, 2.75) is 32.8 Å². The molecule has 2 aliphatic heterocycles. The molecule has 1 unspecified atom stereocenters. The fourth-order valence-electron chi connectivity index (χ4n) is 4.75. The lowest BCUT2D eigenvalue weighted by Gasteiger charge is -2.32. The number of nitrogens with zero attached hydrogens (tertiary/aromatic N) is 1. The summed E-state index contributed by atoms with van der Waals surface area (Å²) >= 11 is 0. The first-order valence-corrected chi connectivity index (χ1v) is 11.6. The molecule has 0 aromatic heterocycles. The smallest absolute Gasteiger partial charge is 0.336 e. The van der Waals surface area contributed by atoms with Crippen LogP contribution in [0, 0.1) is 13.8 Å². The van der Waals surface area contributed by atoms with Gasteiger partial charge in [0.15, 0.2) is 11.5 Å². The number of carbonyl (C=O) groups excluding carboxylic acids is 2. The summed E-state index contributed by atoms with van der Waals surface area (Å²) in [6.07, 6.45) is 0.161. The predicted octanol–water partition coefficient (Wildman–Crippen LogP) is 5.22. The number of carbonyl (C=O) groups is 2. The van der Waals surface area contributed by atoms with E-state index in [9.17, 15) is 9.59 Å². The van der Waals surface area contributed by atoms with Crippen LogP contribution in [0.25, 0.3) is 0 Å². The van der Waals surface area contributed by atoms with Crippen LogP contribution in [-0.2, 0) is 20.9 Å². The lowest BCUT2D eigenvalue weighted by atomic mass is 9.84. The third-order valence-electron chi connectivity index (χ3n) is 6.61. The number of ether oxygens (including phenoxy) is 3. The number of hydrogen-bond acceptors (Lipinski definition) is 5. The molecule has 1 atom stereocenters. The number of hydrogen-bond donors (Lipinski definition) is 0. The Balaban J connectivity index is 1.47. The molecule has 2 heterocycles. The molecule has 5 rings (SSSR count). The number of esters is 1. The molecule has 6 heteroatoms. The van der Waals surface area contributed by atoms with Gasteiger partial charge in [0, 0.05) is 18.0 Å². The van der Waals surface area contributed by atoms with Crippen molar-refractivity contribution in [3.8, 4) is 11.5 Å². The van der Waals surface area contributed by atoms with Crippen LogP contribution < -0.4 is 14.4 Å². The number of amides is 1. The minimum absolute atomic E-state index is 0.0727. The molecule has 0 saturated carbocycles. The lowest BCUT2D eigenvalue weighted by molar-refractivity contribution is -0.136. The van der Waals surface area contributed by atoms with Gasteiger partial charge in [-0.15, -0.1) is 0 Å². The summed E-state index contributed by atoms with van der Waals surface area (Å²) in [7, 11) is 1.58. The van der Waals surface area contributed by atoms with Gasteiger partial charge in [-0.05, 0) is 60.4 Å². The fraction of sp³-hybridized carbons (Fsp3) is 0.241. The molecule has 35 heavy (non-hydrogen) atoms. The molecule has 0 aliphatic carbocycles. The highest BCUT2D eigenvalue weighted by atomic mass is 16.5. The zero-order valence-corrected chi connectivity index (χ0v) is 20.0. The Hall–Kier alpha value is -4.06. The van der Waals surface area contributed by atoms with E-state index in [-0.39, 0.29) is 24.9 Å². The number of anilines is 1. The molecule has 0 radical (unpaired) electrons. The van der Waals surface area contributed by atoms with Gasteiger partial charge < -0.3 is 14.2 Å². The number of aryl methyl sites for hydroxylation is 2. The maximum atomic E-state index is 13.3. The Morgan fingerprint density at radius 2 is 1.80 bits per heavy atom. The fourth-order valence-corrected chi connectivity index (χ4v) is 4.75. The molecule has 178 valence electrons. The highest BCUT2D eigenvalue weighted by molar-refractivity contribution is 6.06. The van der Waals surface area contributed by atoms with Crippen molar-refractivity contribution in [3.63, 3.8) is 0 Å². The Labute approximate surface area is 204 Å². The van der Waals surface area contributed by atoms with Crippen LogP contribution in [0.15, 0.2) is 78.0 Å². The molecule has 0 saturated heterocycles. The van der Waals surface area contributed by atoms with Gasteiger partial charge in [-0.3, -0.25) is 9.69 Å². The van der Waals surface area contributed by atoms with Crippen molar-refractivity contribution in [2.75, 3.05) is 18.6 Å². The first kappa shape index (κ1) is 22.7. The van der Waals surface area contributed by atoms with Crippen LogP contribution in [-0.4, -0.2) is 25.6 Å². The highest BCUT2D eigenvalue weighted by Gasteiger charge is 2.43. The van der Waals surface area contributed by atoms with Gasteiger partial charge in [-0.25, -0.2) is 4.79 Å². The number of benzene rings is 3. The minimum atomic E-state index is -0.409. The number of cyclic esters (lactones) is 1. The normalized spacial score (nSPS) is 17.3. The zero-order valence-electron chi connectivity index (χ0n) is 20.0. The van der Waals surface area contributed by atoms with Gasteiger partial charge in [-0.2, -0.15) is 0 Å². The third kappa shape index (κ3) is 4.28. The topological polar surface area (TPSA) is 65.1 Å². The SMILES string of the molecule is COc1cc(C2CC(=O)N(c3cccc(C)c3)C3=C2C(=O)OC3)ccc1OCc1ccccc1C. The second kappa shape index (κ2) is 9.29. The van der Waals surface area contributed by atoms with Gasteiger partial charge >= 0.3 is 5.97 Å². The van der Waals surface area contributed by atoms with E-state index in [1.807, 2.05) is 80.6 Å². The van der Waals surface area contributed by atoms with Crippen LogP contribution in [0.3, 0.4) is 0 Å². The van der Waals surface area contributed by atoms with Crippen molar-refractivity contribution in [2.24, 2.45) is 0 Å². The van der Waals surface area contributed by atoms with Crippen molar-refractivity contribution in [3.05, 3.63) is 100 Å². The largest absolute Gasteiger partial charge is 0.493 e. The van der Waals surface area contributed by atoms with E-state index in [1.165, 1.54) is 0 Å². The zero-order chi connectivity index (χ0) is 24.5. The maximum absolute atomic E-state index is 13.3. The Morgan fingerprint density at radius 1 is 0.971 bits per heavy atom. The molecular weight excluding hydrogens is 442 g/mol. The first-order valence-electron chi connectivity index (χ1n) is 11.6. The Morgan fingerprint density at radius 3 is 2.57 bits per heavy atom. The van der Waals surface area contributed by atoms with Crippen molar-refractivity contribution >= 4 is 17.6 Å². The molecule has 6 nitrogen and oxygen atoms in total. The van der Waals surface area contributed by atoms with Crippen LogP contribution >= 0.6 is 0 Å². The van der Waals surface area contributed by atoms with Gasteiger partial charge in [-0.1, -0.05) is 42.5 Å². The van der Waals surface area contributed by atoms with Gasteiger partial charge in [0.1, 0.15) is 13.2 Å². The van der Waals surface area contributed by atoms with E-state index in [0.717, 1.165) is 27.9 Å². The van der Waals surface area contributed by atoms with E-state index in [2.05, 4.69) is 0 Å².